The number of benzene rings is 1. The van der Waals surface area contributed by atoms with Crippen molar-refractivity contribution in [2.75, 3.05) is 7.11 Å². The summed E-state index contributed by atoms with van der Waals surface area (Å²) in [6, 6.07) is 5.57. The molecule has 4 heteroatoms. The first-order chi connectivity index (χ1) is 9.24. The van der Waals surface area contributed by atoms with E-state index in [1.807, 2.05) is 18.2 Å². The van der Waals surface area contributed by atoms with Crippen molar-refractivity contribution in [3.8, 4) is 11.5 Å². The van der Waals surface area contributed by atoms with Crippen molar-refractivity contribution < 1.29 is 14.7 Å². The zero-order chi connectivity index (χ0) is 13.7. The maximum Gasteiger partial charge on any atom is 0.132 e. The van der Waals surface area contributed by atoms with Gasteiger partial charge >= 0.3 is 0 Å². The SMILES string of the molecule is COc1ccc(/C(C)=N/O)c(OC2CCCCC2)c1. The Kier molecular flexibility index (Phi) is 4.66. The lowest BCUT2D eigenvalue weighted by Crippen LogP contribution is -2.20. The van der Waals surface area contributed by atoms with Gasteiger partial charge < -0.3 is 14.7 Å². The molecule has 1 N–H and O–H groups in total. The second-order valence-electron chi connectivity index (χ2n) is 4.93. The summed E-state index contributed by atoms with van der Waals surface area (Å²) in [6.45, 7) is 1.76. The average Bonchev–Trinajstić information content (AvgIpc) is 2.47. The molecule has 0 atom stereocenters. The van der Waals surface area contributed by atoms with E-state index < -0.39 is 0 Å². The molecule has 0 saturated heterocycles. The van der Waals surface area contributed by atoms with Crippen LogP contribution in [0.3, 0.4) is 0 Å². The third-order valence-electron chi connectivity index (χ3n) is 3.57. The van der Waals surface area contributed by atoms with E-state index in [2.05, 4.69) is 5.16 Å². The maximum atomic E-state index is 8.95. The van der Waals surface area contributed by atoms with Crippen LogP contribution in [0.15, 0.2) is 23.4 Å². The highest BCUT2D eigenvalue weighted by atomic mass is 16.5. The Morgan fingerprint density at radius 2 is 2.00 bits per heavy atom. The van der Waals surface area contributed by atoms with Crippen molar-refractivity contribution in [3.63, 3.8) is 0 Å². The van der Waals surface area contributed by atoms with Gasteiger partial charge in [-0.3, -0.25) is 0 Å². The Morgan fingerprint density at radius 1 is 1.26 bits per heavy atom. The standard InChI is InChI=1S/C15H21NO3/c1-11(16-17)14-9-8-13(18-2)10-15(14)19-12-6-4-3-5-7-12/h8-10,12,17H,3-7H2,1-2H3/b16-11+. The predicted octanol–water partition coefficient (Wildman–Crippen LogP) is 3.60. The van der Waals surface area contributed by atoms with Gasteiger partial charge in [0, 0.05) is 11.6 Å². The monoisotopic (exact) mass is 263 g/mol. The number of hydrogen-bond acceptors (Lipinski definition) is 4. The second kappa shape index (κ2) is 6.45. The van der Waals surface area contributed by atoms with Crippen molar-refractivity contribution >= 4 is 5.71 Å². The number of oxime groups is 1. The molecule has 104 valence electrons. The highest BCUT2D eigenvalue weighted by Crippen LogP contribution is 2.29. The minimum absolute atomic E-state index is 0.256. The van der Waals surface area contributed by atoms with Crippen LogP contribution in [-0.4, -0.2) is 24.1 Å². The molecule has 1 aromatic rings. The van der Waals surface area contributed by atoms with E-state index in [1.54, 1.807) is 14.0 Å². The van der Waals surface area contributed by atoms with Gasteiger partial charge in [0.15, 0.2) is 0 Å². The molecule has 1 aliphatic rings. The third kappa shape index (κ3) is 3.40. The molecule has 0 spiro atoms. The van der Waals surface area contributed by atoms with Gasteiger partial charge in [0.25, 0.3) is 0 Å². The third-order valence-corrected chi connectivity index (χ3v) is 3.57. The Labute approximate surface area is 114 Å². The summed E-state index contributed by atoms with van der Waals surface area (Å²) in [5, 5.41) is 12.2. The molecule has 2 rings (SSSR count). The summed E-state index contributed by atoms with van der Waals surface area (Å²) in [5.41, 5.74) is 1.36. The minimum atomic E-state index is 0.256. The van der Waals surface area contributed by atoms with Crippen molar-refractivity contribution in [2.45, 2.75) is 45.1 Å². The molecule has 0 aromatic heterocycles. The van der Waals surface area contributed by atoms with Crippen LogP contribution in [0.2, 0.25) is 0 Å². The average molecular weight is 263 g/mol. The smallest absolute Gasteiger partial charge is 0.132 e. The Bertz CT molecular complexity index is 451. The first-order valence-corrected chi connectivity index (χ1v) is 6.78. The lowest BCUT2D eigenvalue weighted by atomic mass is 9.97. The van der Waals surface area contributed by atoms with Gasteiger partial charge in [0.1, 0.15) is 11.5 Å². The number of ether oxygens (including phenoxy) is 2. The lowest BCUT2D eigenvalue weighted by Gasteiger charge is -2.24. The second-order valence-corrected chi connectivity index (χ2v) is 4.93. The van der Waals surface area contributed by atoms with E-state index in [-0.39, 0.29) is 6.10 Å². The minimum Gasteiger partial charge on any atom is -0.497 e. The highest BCUT2D eigenvalue weighted by molar-refractivity contribution is 6.00. The van der Waals surface area contributed by atoms with Gasteiger partial charge in [0.2, 0.25) is 0 Å². The van der Waals surface area contributed by atoms with Gasteiger partial charge in [0.05, 0.1) is 18.9 Å². The van der Waals surface area contributed by atoms with E-state index in [0.29, 0.717) is 5.71 Å². The summed E-state index contributed by atoms with van der Waals surface area (Å²) in [5.74, 6) is 1.49. The number of methoxy groups -OCH3 is 1. The number of hydrogen-bond donors (Lipinski definition) is 1. The van der Waals surface area contributed by atoms with E-state index in [0.717, 1.165) is 29.9 Å². The Morgan fingerprint density at radius 3 is 2.63 bits per heavy atom. The van der Waals surface area contributed by atoms with Crippen molar-refractivity contribution in [2.24, 2.45) is 5.16 Å². The molecule has 1 aliphatic carbocycles. The lowest BCUT2D eigenvalue weighted by molar-refractivity contribution is 0.154. The van der Waals surface area contributed by atoms with Crippen molar-refractivity contribution in [1.82, 2.24) is 0 Å². The highest BCUT2D eigenvalue weighted by Gasteiger charge is 2.18. The molecular weight excluding hydrogens is 242 g/mol. The molecular formula is C15H21NO3. The van der Waals surface area contributed by atoms with Crippen molar-refractivity contribution in [3.05, 3.63) is 23.8 Å². The zero-order valence-corrected chi connectivity index (χ0v) is 11.6. The van der Waals surface area contributed by atoms with E-state index in [4.69, 9.17) is 14.7 Å². The largest absolute Gasteiger partial charge is 0.497 e. The van der Waals surface area contributed by atoms with E-state index in [1.165, 1.54) is 19.3 Å². The topological polar surface area (TPSA) is 51.0 Å². The molecule has 1 saturated carbocycles. The summed E-state index contributed by atoms with van der Waals surface area (Å²) < 4.78 is 11.3. The molecule has 19 heavy (non-hydrogen) atoms. The number of rotatable bonds is 4. The molecule has 0 bridgehead atoms. The van der Waals surface area contributed by atoms with Gasteiger partial charge in [-0.2, -0.15) is 0 Å². The summed E-state index contributed by atoms with van der Waals surface area (Å²) >= 11 is 0. The first kappa shape index (κ1) is 13.7. The quantitative estimate of drug-likeness (QED) is 0.513. The Balaban J connectivity index is 2.24. The van der Waals surface area contributed by atoms with Crippen molar-refractivity contribution in [1.29, 1.82) is 0 Å². The van der Waals surface area contributed by atoms with Crippen LogP contribution in [0.5, 0.6) is 11.5 Å². The summed E-state index contributed by atoms with van der Waals surface area (Å²) in [6.07, 6.45) is 6.17. The van der Waals surface area contributed by atoms with Gasteiger partial charge in [-0.25, -0.2) is 0 Å². The summed E-state index contributed by atoms with van der Waals surface area (Å²) in [4.78, 5) is 0. The van der Waals surface area contributed by atoms with Crippen LogP contribution >= 0.6 is 0 Å². The van der Waals surface area contributed by atoms with Gasteiger partial charge in [-0.15, -0.1) is 0 Å². The predicted molar refractivity (Wildman–Crippen MR) is 74.5 cm³/mol. The van der Waals surface area contributed by atoms with Crippen LogP contribution in [0.4, 0.5) is 0 Å². The molecule has 0 aliphatic heterocycles. The molecule has 1 fully saturated rings. The fourth-order valence-corrected chi connectivity index (χ4v) is 2.44. The van der Waals surface area contributed by atoms with E-state index >= 15 is 0 Å². The summed E-state index contributed by atoms with van der Waals surface area (Å²) in [7, 11) is 1.63. The van der Waals surface area contributed by atoms with Crippen LogP contribution in [0.25, 0.3) is 0 Å². The molecule has 0 unspecified atom stereocenters. The van der Waals surface area contributed by atoms with Crippen LogP contribution < -0.4 is 9.47 Å². The maximum absolute atomic E-state index is 8.95. The van der Waals surface area contributed by atoms with Gasteiger partial charge in [-0.1, -0.05) is 11.6 Å². The Hall–Kier alpha value is -1.71. The van der Waals surface area contributed by atoms with Crippen LogP contribution in [0.1, 0.15) is 44.6 Å². The fourth-order valence-electron chi connectivity index (χ4n) is 2.44. The molecule has 4 nitrogen and oxygen atoms in total. The molecule has 0 amide bonds. The zero-order valence-electron chi connectivity index (χ0n) is 11.6. The molecule has 1 aromatic carbocycles. The van der Waals surface area contributed by atoms with Crippen LogP contribution in [-0.2, 0) is 0 Å². The fraction of sp³-hybridized carbons (Fsp3) is 0.533. The van der Waals surface area contributed by atoms with E-state index in [9.17, 15) is 0 Å². The molecule has 0 heterocycles. The van der Waals surface area contributed by atoms with Crippen LogP contribution in [0, 0.1) is 0 Å². The van der Waals surface area contributed by atoms with Gasteiger partial charge in [-0.05, 0) is 44.7 Å². The molecule has 0 radical (unpaired) electrons. The number of nitrogens with zero attached hydrogens (tertiary/aromatic N) is 1. The normalized spacial score (nSPS) is 17.3. The first-order valence-electron chi connectivity index (χ1n) is 6.78.